The molecule has 7 nitrogen and oxygen atoms in total. The zero-order valence-corrected chi connectivity index (χ0v) is 19.2. The van der Waals surface area contributed by atoms with Gasteiger partial charge in [-0.1, -0.05) is 11.6 Å². The molecule has 10 heteroatoms. The molecular formula is C24H24ClF2N5O2. The lowest BCUT2D eigenvalue weighted by Crippen LogP contribution is -2.24. The van der Waals surface area contributed by atoms with Gasteiger partial charge in [-0.05, 0) is 61.8 Å². The highest BCUT2D eigenvalue weighted by molar-refractivity contribution is 6.31. The summed E-state index contributed by atoms with van der Waals surface area (Å²) in [5.41, 5.74) is 6.48. The van der Waals surface area contributed by atoms with Gasteiger partial charge in [0.25, 0.3) is 5.91 Å². The van der Waals surface area contributed by atoms with Crippen molar-refractivity contribution in [2.75, 3.05) is 11.1 Å². The number of benzene rings is 1. The Morgan fingerprint density at radius 3 is 2.59 bits per heavy atom. The molecule has 0 spiro atoms. The molecular weight excluding hydrogens is 464 g/mol. The maximum absolute atomic E-state index is 14.3. The number of hydrogen-bond acceptors (Lipinski definition) is 5. The smallest absolute Gasteiger partial charge is 0.261 e. The van der Waals surface area contributed by atoms with Crippen LogP contribution in [0, 0.1) is 23.5 Å². The van der Waals surface area contributed by atoms with Gasteiger partial charge in [-0.3, -0.25) is 14.5 Å². The van der Waals surface area contributed by atoms with E-state index in [0.717, 1.165) is 6.20 Å². The van der Waals surface area contributed by atoms with Crippen molar-refractivity contribution in [2.45, 2.75) is 37.2 Å². The highest BCUT2D eigenvalue weighted by atomic mass is 35.5. The van der Waals surface area contributed by atoms with E-state index in [-0.39, 0.29) is 39.7 Å². The average molecular weight is 488 g/mol. The number of carbonyl (C=O) groups is 1. The molecule has 3 aromatic rings. The van der Waals surface area contributed by atoms with E-state index in [4.69, 9.17) is 17.3 Å². The summed E-state index contributed by atoms with van der Waals surface area (Å²) >= 11 is 5.83. The molecule has 0 saturated heterocycles. The Morgan fingerprint density at radius 1 is 1.24 bits per heavy atom. The van der Waals surface area contributed by atoms with E-state index in [0.29, 0.717) is 37.1 Å². The fourth-order valence-corrected chi connectivity index (χ4v) is 5.88. The summed E-state index contributed by atoms with van der Waals surface area (Å²) in [6, 6.07) is 5.47. The minimum atomic E-state index is -1.22. The van der Waals surface area contributed by atoms with Crippen molar-refractivity contribution >= 4 is 29.0 Å². The van der Waals surface area contributed by atoms with Crippen LogP contribution in [0.3, 0.4) is 0 Å². The summed E-state index contributed by atoms with van der Waals surface area (Å²) in [7, 11) is 1.67. The SMILES string of the molecule is Cn1nc(C2CC3CC(O)(c4ccncc4F)CC3C2)c(C(=O)Nc2ccc(F)c(Cl)c2)c1N. The number of rotatable bonds is 4. The summed E-state index contributed by atoms with van der Waals surface area (Å²) in [6.07, 6.45) is 4.90. The second-order valence-corrected chi connectivity index (χ2v) is 9.74. The number of aryl methyl sites for hydroxylation is 1. The first-order chi connectivity index (χ1) is 16.2. The number of aromatic nitrogens is 3. The number of carbonyl (C=O) groups excluding carboxylic acids is 1. The second kappa shape index (κ2) is 8.32. The predicted octanol–water partition coefficient (Wildman–Crippen LogP) is 4.37. The van der Waals surface area contributed by atoms with E-state index in [9.17, 15) is 18.7 Å². The van der Waals surface area contributed by atoms with Gasteiger partial charge in [0.2, 0.25) is 0 Å². The van der Waals surface area contributed by atoms with E-state index >= 15 is 0 Å². The van der Waals surface area contributed by atoms with Gasteiger partial charge in [-0.25, -0.2) is 8.78 Å². The summed E-state index contributed by atoms with van der Waals surface area (Å²) in [6.45, 7) is 0. The lowest BCUT2D eigenvalue weighted by Gasteiger charge is -2.25. The minimum absolute atomic E-state index is 0.0251. The summed E-state index contributed by atoms with van der Waals surface area (Å²) in [4.78, 5) is 16.9. The molecule has 0 aliphatic heterocycles. The van der Waals surface area contributed by atoms with Crippen molar-refractivity contribution in [3.05, 3.63) is 70.1 Å². The van der Waals surface area contributed by atoms with Crippen LogP contribution in [0.2, 0.25) is 5.02 Å². The van der Waals surface area contributed by atoms with Gasteiger partial charge < -0.3 is 16.2 Å². The van der Waals surface area contributed by atoms with Gasteiger partial charge >= 0.3 is 0 Å². The van der Waals surface area contributed by atoms with Gasteiger partial charge in [-0.15, -0.1) is 0 Å². The lowest BCUT2D eigenvalue weighted by molar-refractivity contribution is 0.0308. The summed E-state index contributed by atoms with van der Waals surface area (Å²) in [5, 5.41) is 18.4. The molecule has 178 valence electrons. The fourth-order valence-electron chi connectivity index (χ4n) is 5.70. The number of fused-ring (bicyclic) bond motifs is 1. The first-order valence-electron chi connectivity index (χ1n) is 11.1. The Balaban J connectivity index is 1.36. The van der Waals surface area contributed by atoms with Gasteiger partial charge in [-0.2, -0.15) is 5.10 Å². The van der Waals surface area contributed by atoms with Crippen molar-refractivity contribution in [1.82, 2.24) is 14.8 Å². The molecule has 2 heterocycles. The number of aliphatic hydroxyl groups is 1. The van der Waals surface area contributed by atoms with Crippen LogP contribution < -0.4 is 11.1 Å². The molecule has 0 bridgehead atoms. The largest absolute Gasteiger partial charge is 0.385 e. The molecule has 2 atom stereocenters. The van der Waals surface area contributed by atoms with Crippen LogP contribution in [0.4, 0.5) is 20.3 Å². The van der Waals surface area contributed by atoms with Gasteiger partial charge in [0, 0.05) is 30.4 Å². The van der Waals surface area contributed by atoms with Crippen molar-refractivity contribution in [3.8, 4) is 0 Å². The van der Waals surface area contributed by atoms with Crippen molar-refractivity contribution in [1.29, 1.82) is 0 Å². The number of nitrogens with two attached hydrogens (primary N) is 1. The first-order valence-corrected chi connectivity index (χ1v) is 11.4. The topological polar surface area (TPSA) is 106 Å². The number of nitrogen functional groups attached to an aromatic ring is 1. The first kappa shape index (κ1) is 22.7. The zero-order valence-electron chi connectivity index (χ0n) is 18.4. The predicted molar refractivity (Wildman–Crippen MR) is 123 cm³/mol. The molecule has 4 N–H and O–H groups in total. The number of hydrogen-bond donors (Lipinski definition) is 3. The lowest BCUT2D eigenvalue weighted by atomic mass is 9.87. The Kier molecular flexibility index (Phi) is 5.56. The zero-order chi connectivity index (χ0) is 24.2. The standard InChI is InChI=1S/C24H24ClF2N5O2/c1-32-22(28)20(23(33)30-15-2-3-18(26)17(25)8-15)21(31-32)12-6-13-9-24(34,10-14(13)7-12)16-4-5-29-11-19(16)27/h2-5,8,11-14,34H,6-7,9-10,28H2,1H3,(H,30,33). The molecule has 34 heavy (non-hydrogen) atoms. The van der Waals surface area contributed by atoms with Crippen LogP contribution in [-0.2, 0) is 12.6 Å². The fraction of sp³-hybridized carbons (Fsp3) is 0.375. The number of pyridine rings is 1. The summed E-state index contributed by atoms with van der Waals surface area (Å²) < 4.78 is 29.2. The third-order valence-corrected chi connectivity index (χ3v) is 7.51. The van der Waals surface area contributed by atoms with E-state index in [2.05, 4.69) is 15.4 Å². The average Bonchev–Trinajstić information content (AvgIpc) is 3.40. The van der Waals surface area contributed by atoms with Crippen molar-refractivity contribution in [3.63, 3.8) is 0 Å². The number of anilines is 2. The third-order valence-electron chi connectivity index (χ3n) is 7.22. The third kappa shape index (κ3) is 3.82. The second-order valence-electron chi connectivity index (χ2n) is 9.34. The molecule has 2 aliphatic carbocycles. The van der Waals surface area contributed by atoms with Crippen LogP contribution in [0.5, 0.6) is 0 Å². The maximum atomic E-state index is 14.3. The highest BCUT2D eigenvalue weighted by Gasteiger charge is 2.51. The molecule has 0 radical (unpaired) electrons. The molecule has 2 saturated carbocycles. The minimum Gasteiger partial charge on any atom is -0.385 e. The van der Waals surface area contributed by atoms with Crippen LogP contribution >= 0.6 is 11.6 Å². The number of halogens is 3. The maximum Gasteiger partial charge on any atom is 0.261 e. The van der Waals surface area contributed by atoms with Gasteiger partial charge in [0.15, 0.2) is 0 Å². The molecule has 2 aromatic heterocycles. The summed E-state index contributed by atoms with van der Waals surface area (Å²) in [5.74, 6) is -0.994. The van der Waals surface area contributed by atoms with Crippen molar-refractivity contribution < 1.29 is 18.7 Å². The Bertz CT molecular complexity index is 1270. The Morgan fingerprint density at radius 2 is 1.94 bits per heavy atom. The Labute approximate surface area is 199 Å². The van der Waals surface area contributed by atoms with Crippen molar-refractivity contribution in [2.24, 2.45) is 18.9 Å². The number of amides is 1. The highest BCUT2D eigenvalue weighted by Crippen LogP contribution is 2.57. The van der Waals surface area contributed by atoms with E-state index in [1.807, 2.05) is 0 Å². The van der Waals surface area contributed by atoms with Gasteiger partial charge in [0.05, 0.1) is 22.5 Å². The quantitative estimate of drug-likeness (QED) is 0.506. The normalized spacial score (nSPS) is 26.0. The molecule has 2 unspecified atom stereocenters. The molecule has 1 aromatic carbocycles. The number of nitrogens with one attached hydrogen (secondary N) is 1. The van der Waals surface area contributed by atoms with Gasteiger partial charge in [0.1, 0.15) is 23.0 Å². The molecule has 2 fully saturated rings. The molecule has 2 aliphatic rings. The van der Waals surface area contributed by atoms with Crippen LogP contribution in [0.25, 0.3) is 0 Å². The monoisotopic (exact) mass is 487 g/mol. The Hall–Kier alpha value is -3.04. The van der Waals surface area contributed by atoms with E-state index in [1.165, 1.54) is 35.1 Å². The van der Waals surface area contributed by atoms with Crippen LogP contribution in [0.1, 0.15) is 53.2 Å². The van der Waals surface area contributed by atoms with E-state index in [1.54, 1.807) is 7.05 Å². The van der Waals surface area contributed by atoms with E-state index < -0.39 is 23.1 Å². The van der Waals surface area contributed by atoms with Crippen LogP contribution in [-0.4, -0.2) is 25.8 Å². The molecule has 1 amide bonds. The molecule has 5 rings (SSSR count). The van der Waals surface area contributed by atoms with Crippen LogP contribution in [0.15, 0.2) is 36.7 Å². The number of nitrogens with zero attached hydrogens (tertiary/aromatic N) is 3.